The second kappa shape index (κ2) is 5.74. The van der Waals surface area contributed by atoms with Crippen molar-refractivity contribution in [3.8, 4) is 0 Å². The van der Waals surface area contributed by atoms with E-state index in [1.807, 2.05) is 13.1 Å². The highest BCUT2D eigenvalue weighted by Gasteiger charge is 1.98. The summed E-state index contributed by atoms with van der Waals surface area (Å²) in [7, 11) is 0. The summed E-state index contributed by atoms with van der Waals surface area (Å²) in [6.45, 7) is 7.83. The summed E-state index contributed by atoms with van der Waals surface area (Å²) in [4.78, 5) is 8.54. The summed E-state index contributed by atoms with van der Waals surface area (Å²) in [5.41, 5.74) is 5.91. The molecular formula is C15H19N3. The first-order chi connectivity index (χ1) is 8.65. The molecule has 0 aliphatic carbocycles. The molecule has 0 aliphatic heterocycles. The molecule has 94 valence electrons. The fourth-order valence-corrected chi connectivity index (χ4v) is 1.76. The smallest absolute Gasteiger partial charge is 0.0724 e. The molecule has 1 aromatic heterocycles. The Kier molecular flexibility index (Phi) is 4.05. The van der Waals surface area contributed by atoms with Crippen LogP contribution in [0, 0.1) is 20.8 Å². The molecule has 0 radical (unpaired) electrons. The highest BCUT2D eigenvalue weighted by molar-refractivity contribution is 5.29. The third-order valence-electron chi connectivity index (χ3n) is 3.04. The molecule has 0 spiro atoms. The average molecular weight is 241 g/mol. The summed E-state index contributed by atoms with van der Waals surface area (Å²) in [6, 6.07) is 6.55. The first-order valence-corrected chi connectivity index (χ1v) is 6.19. The van der Waals surface area contributed by atoms with Crippen LogP contribution in [0.5, 0.6) is 0 Å². The first-order valence-electron chi connectivity index (χ1n) is 6.19. The van der Waals surface area contributed by atoms with Crippen molar-refractivity contribution in [2.45, 2.75) is 33.9 Å². The van der Waals surface area contributed by atoms with Crippen molar-refractivity contribution in [1.82, 2.24) is 15.3 Å². The fourth-order valence-electron chi connectivity index (χ4n) is 1.76. The number of aromatic nitrogens is 2. The van der Waals surface area contributed by atoms with Crippen LogP contribution in [0.2, 0.25) is 0 Å². The number of aryl methyl sites for hydroxylation is 3. The second-order valence-electron chi connectivity index (χ2n) is 4.67. The van der Waals surface area contributed by atoms with Crippen molar-refractivity contribution in [2.75, 3.05) is 0 Å². The van der Waals surface area contributed by atoms with E-state index in [9.17, 15) is 0 Å². The van der Waals surface area contributed by atoms with Gasteiger partial charge < -0.3 is 5.32 Å². The van der Waals surface area contributed by atoms with Gasteiger partial charge in [-0.05, 0) is 37.5 Å². The molecule has 0 aliphatic rings. The topological polar surface area (TPSA) is 37.8 Å². The molecule has 1 heterocycles. The van der Waals surface area contributed by atoms with Crippen molar-refractivity contribution >= 4 is 0 Å². The van der Waals surface area contributed by atoms with Gasteiger partial charge in [-0.1, -0.05) is 18.2 Å². The lowest BCUT2D eigenvalue weighted by atomic mass is 10.1. The molecule has 0 atom stereocenters. The molecule has 0 saturated heterocycles. The third-order valence-corrected chi connectivity index (χ3v) is 3.04. The van der Waals surface area contributed by atoms with E-state index in [0.717, 1.165) is 24.5 Å². The summed E-state index contributed by atoms with van der Waals surface area (Å²) < 4.78 is 0. The Balaban J connectivity index is 1.88. The van der Waals surface area contributed by atoms with Crippen LogP contribution in [-0.4, -0.2) is 9.97 Å². The Morgan fingerprint density at radius 3 is 2.44 bits per heavy atom. The minimum absolute atomic E-state index is 0.750. The summed E-state index contributed by atoms with van der Waals surface area (Å²) >= 11 is 0. The van der Waals surface area contributed by atoms with Crippen LogP contribution in [0.25, 0.3) is 0 Å². The molecule has 2 aromatic rings. The second-order valence-corrected chi connectivity index (χ2v) is 4.67. The van der Waals surface area contributed by atoms with Crippen LogP contribution in [0.3, 0.4) is 0 Å². The Hall–Kier alpha value is -1.74. The van der Waals surface area contributed by atoms with E-state index in [1.54, 1.807) is 6.20 Å². The van der Waals surface area contributed by atoms with Gasteiger partial charge in [-0.25, -0.2) is 0 Å². The highest BCUT2D eigenvalue weighted by Crippen LogP contribution is 2.09. The molecule has 1 aromatic carbocycles. The van der Waals surface area contributed by atoms with Gasteiger partial charge in [0.15, 0.2) is 0 Å². The van der Waals surface area contributed by atoms with Gasteiger partial charge in [0.25, 0.3) is 0 Å². The number of hydrogen-bond donors (Lipinski definition) is 1. The molecule has 0 saturated carbocycles. The third kappa shape index (κ3) is 3.37. The van der Waals surface area contributed by atoms with E-state index in [0.29, 0.717) is 0 Å². The zero-order valence-electron chi connectivity index (χ0n) is 11.2. The van der Waals surface area contributed by atoms with E-state index in [2.05, 4.69) is 47.3 Å². The molecule has 0 amide bonds. The van der Waals surface area contributed by atoms with Crippen molar-refractivity contribution < 1.29 is 0 Å². The molecule has 3 nitrogen and oxygen atoms in total. The fraction of sp³-hybridized carbons (Fsp3) is 0.333. The van der Waals surface area contributed by atoms with Gasteiger partial charge in [-0.15, -0.1) is 0 Å². The highest BCUT2D eigenvalue weighted by atomic mass is 14.9. The Morgan fingerprint density at radius 2 is 1.78 bits per heavy atom. The first kappa shape index (κ1) is 12.7. The molecule has 0 bridgehead atoms. The van der Waals surface area contributed by atoms with Gasteiger partial charge in [0.2, 0.25) is 0 Å². The van der Waals surface area contributed by atoms with Gasteiger partial charge in [-0.2, -0.15) is 0 Å². The number of nitrogens with one attached hydrogen (secondary N) is 1. The maximum absolute atomic E-state index is 4.32. The zero-order valence-corrected chi connectivity index (χ0v) is 11.2. The molecule has 0 fully saturated rings. The van der Waals surface area contributed by atoms with E-state index >= 15 is 0 Å². The largest absolute Gasteiger partial charge is 0.307 e. The van der Waals surface area contributed by atoms with Crippen molar-refractivity contribution in [2.24, 2.45) is 0 Å². The number of hydrogen-bond acceptors (Lipinski definition) is 3. The van der Waals surface area contributed by atoms with E-state index < -0.39 is 0 Å². The molecule has 3 heteroatoms. The van der Waals surface area contributed by atoms with Crippen molar-refractivity contribution in [3.63, 3.8) is 0 Å². The summed E-state index contributed by atoms with van der Waals surface area (Å²) in [5.74, 6) is 0. The molecule has 2 rings (SSSR count). The van der Waals surface area contributed by atoms with Gasteiger partial charge >= 0.3 is 0 Å². The van der Waals surface area contributed by atoms with Crippen LogP contribution in [0.4, 0.5) is 0 Å². The SMILES string of the molecule is Cc1cnc(CNCc2ccc(C)c(C)c2)cn1. The maximum Gasteiger partial charge on any atom is 0.0724 e. The van der Waals surface area contributed by atoms with Crippen molar-refractivity contribution in [3.05, 3.63) is 58.7 Å². The van der Waals surface area contributed by atoms with Crippen LogP contribution in [-0.2, 0) is 13.1 Å². The molecular weight excluding hydrogens is 222 g/mol. The van der Waals surface area contributed by atoms with Gasteiger partial charge in [0.1, 0.15) is 0 Å². The molecule has 0 unspecified atom stereocenters. The molecule has 18 heavy (non-hydrogen) atoms. The normalized spacial score (nSPS) is 10.6. The van der Waals surface area contributed by atoms with Gasteiger partial charge in [0.05, 0.1) is 11.4 Å². The van der Waals surface area contributed by atoms with Crippen LogP contribution < -0.4 is 5.32 Å². The lowest BCUT2D eigenvalue weighted by Gasteiger charge is -2.07. The standard InChI is InChI=1S/C15H19N3/c1-11-4-5-14(6-12(11)2)8-16-9-15-10-17-13(3)7-18-15/h4-7,10,16H,8-9H2,1-3H3. The minimum Gasteiger partial charge on any atom is -0.307 e. The van der Waals surface area contributed by atoms with Crippen LogP contribution in [0.1, 0.15) is 28.1 Å². The monoisotopic (exact) mass is 241 g/mol. The quantitative estimate of drug-likeness (QED) is 0.894. The van der Waals surface area contributed by atoms with Gasteiger partial charge in [-0.3, -0.25) is 9.97 Å². The Morgan fingerprint density at radius 1 is 0.944 bits per heavy atom. The van der Waals surface area contributed by atoms with Crippen LogP contribution >= 0.6 is 0 Å². The van der Waals surface area contributed by atoms with E-state index in [1.165, 1.54) is 16.7 Å². The van der Waals surface area contributed by atoms with E-state index in [-0.39, 0.29) is 0 Å². The predicted molar refractivity (Wildman–Crippen MR) is 73.2 cm³/mol. The maximum atomic E-state index is 4.32. The lowest BCUT2D eigenvalue weighted by Crippen LogP contribution is -2.14. The lowest BCUT2D eigenvalue weighted by molar-refractivity contribution is 0.675. The average Bonchev–Trinajstić information content (AvgIpc) is 2.36. The number of nitrogens with zero attached hydrogens (tertiary/aromatic N) is 2. The summed E-state index contributed by atoms with van der Waals surface area (Å²) in [5, 5.41) is 3.38. The van der Waals surface area contributed by atoms with Gasteiger partial charge in [0, 0.05) is 25.5 Å². The Labute approximate surface area is 108 Å². The predicted octanol–water partition coefficient (Wildman–Crippen LogP) is 2.69. The summed E-state index contributed by atoms with van der Waals surface area (Å²) in [6.07, 6.45) is 3.62. The number of benzene rings is 1. The van der Waals surface area contributed by atoms with Crippen LogP contribution in [0.15, 0.2) is 30.6 Å². The minimum atomic E-state index is 0.750. The van der Waals surface area contributed by atoms with E-state index in [4.69, 9.17) is 0 Å². The van der Waals surface area contributed by atoms with Crippen molar-refractivity contribution in [1.29, 1.82) is 0 Å². The molecule has 1 N–H and O–H groups in total. The number of rotatable bonds is 4. The zero-order chi connectivity index (χ0) is 13.0. The Bertz CT molecular complexity index is 518.